The van der Waals surface area contributed by atoms with Gasteiger partial charge in [-0.2, -0.15) is 0 Å². The molecule has 0 aliphatic carbocycles. The van der Waals surface area contributed by atoms with E-state index in [4.69, 9.17) is 16.3 Å². The Hall–Kier alpha value is -1.92. The highest BCUT2D eigenvalue weighted by atomic mass is 35.5. The number of halogens is 1. The van der Waals surface area contributed by atoms with Crippen molar-refractivity contribution in [2.45, 2.75) is 13.3 Å². The number of ether oxygens (including phenoxy) is 1. The second-order valence-electron chi connectivity index (χ2n) is 4.47. The number of nitrogens with one attached hydrogen (secondary N) is 1. The number of thiazole rings is 1. The van der Waals surface area contributed by atoms with Crippen LogP contribution < -0.4 is 5.32 Å². The van der Waals surface area contributed by atoms with Gasteiger partial charge in [0.05, 0.1) is 0 Å². The van der Waals surface area contributed by atoms with E-state index in [1.807, 2.05) is 19.1 Å². The average Bonchev–Trinajstić information content (AvgIpc) is 3.00. The minimum absolute atomic E-state index is 0.184. The standard InChI is InChI=1S/C15H15ClN2O3S/c1-2-6-17-13(19)8-21-15(20)12-9-22-14(18-12)10-4-3-5-11(16)7-10/h3-5,7,9H,2,6,8H2,1H3,(H,17,19). The van der Waals surface area contributed by atoms with E-state index in [-0.39, 0.29) is 18.2 Å². The van der Waals surface area contributed by atoms with E-state index < -0.39 is 5.97 Å². The molecule has 2 aromatic rings. The first-order valence-electron chi connectivity index (χ1n) is 6.75. The molecule has 0 aliphatic heterocycles. The first-order chi connectivity index (χ1) is 10.6. The van der Waals surface area contributed by atoms with Gasteiger partial charge >= 0.3 is 5.97 Å². The van der Waals surface area contributed by atoms with E-state index in [0.29, 0.717) is 16.6 Å². The summed E-state index contributed by atoms with van der Waals surface area (Å²) >= 11 is 7.25. The number of hydrogen-bond acceptors (Lipinski definition) is 5. The molecule has 22 heavy (non-hydrogen) atoms. The highest BCUT2D eigenvalue weighted by Gasteiger charge is 2.14. The number of benzene rings is 1. The number of esters is 1. The van der Waals surface area contributed by atoms with E-state index >= 15 is 0 Å². The molecule has 1 aromatic carbocycles. The van der Waals surface area contributed by atoms with Crippen molar-refractivity contribution in [1.82, 2.24) is 10.3 Å². The van der Waals surface area contributed by atoms with E-state index in [2.05, 4.69) is 10.3 Å². The molecule has 0 unspecified atom stereocenters. The van der Waals surface area contributed by atoms with Crippen molar-refractivity contribution >= 4 is 34.8 Å². The first kappa shape index (κ1) is 16.5. The lowest BCUT2D eigenvalue weighted by atomic mass is 10.2. The predicted molar refractivity (Wildman–Crippen MR) is 86.1 cm³/mol. The molecule has 0 aliphatic rings. The van der Waals surface area contributed by atoms with Crippen molar-refractivity contribution in [3.63, 3.8) is 0 Å². The molecule has 2 rings (SSSR count). The Labute approximate surface area is 137 Å². The van der Waals surface area contributed by atoms with Gasteiger partial charge in [0.2, 0.25) is 0 Å². The first-order valence-corrected chi connectivity index (χ1v) is 8.01. The van der Waals surface area contributed by atoms with Crippen LogP contribution in [0, 0.1) is 0 Å². The summed E-state index contributed by atoms with van der Waals surface area (Å²) in [7, 11) is 0. The number of carbonyl (C=O) groups is 2. The third-order valence-electron chi connectivity index (χ3n) is 2.69. The quantitative estimate of drug-likeness (QED) is 0.821. The Bertz CT molecular complexity index is 672. The summed E-state index contributed by atoms with van der Waals surface area (Å²) in [5.41, 5.74) is 1.01. The zero-order chi connectivity index (χ0) is 15.9. The molecule has 7 heteroatoms. The molecular weight excluding hydrogens is 324 g/mol. The van der Waals surface area contributed by atoms with Crippen molar-refractivity contribution in [3.8, 4) is 10.6 Å². The topological polar surface area (TPSA) is 68.3 Å². The van der Waals surface area contributed by atoms with E-state index in [9.17, 15) is 9.59 Å². The van der Waals surface area contributed by atoms with Gasteiger partial charge in [-0.15, -0.1) is 11.3 Å². The average molecular weight is 339 g/mol. The third kappa shape index (κ3) is 4.54. The molecule has 116 valence electrons. The van der Waals surface area contributed by atoms with Crippen LogP contribution in [0.4, 0.5) is 0 Å². The van der Waals surface area contributed by atoms with Crippen LogP contribution in [0.3, 0.4) is 0 Å². The van der Waals surface area contributed by atoms with Gasteiger partial charge in [-0.25, -0.2) is 9.78 Å². The SMILES string of the molecule is CCCNC(=O)COC(=O)c1csc(-c2cccc(Cl)c2)n1. The second-order valence-corrected chi connectivity index (χ2v) is 5.77. The largest absolute Gasteiger partial charge is 0.451 e. The maximum Gasteiger partial charge on any atom is 0.358 e. The number of nitrogens with zero attached hydrogens (tertiary/aromatic N) is 1. The maximum absolute atomic E-state index is 11.9. The van der Waals surface area contributed by atoms with Gasteiger partial charge in [0.1, 0.15) is 5.01 Å². The van der Waals surface area contributed by atoms with Gasteiger partial charge < -0.3 is 10.1 Å². The zero-order valence-electron chi connectivity index (χ0n) is 12.0. The van der Waals surface area contributed by atoms with Crippen LogP contribution in [0.2, 0.25) is 5.02 Å². The maximum atomic E-state index is 11.9. The van der Waals surface area contributed by atoms with Gasteiger partial charge in [0.25, 0.3) is 5.91 Å². The van der Waals surface area contributed by atoms with Gasteiger partial charge in [-0.3, -0.25) is 4.79 Å². The molecule has 0 saturated carbocycles. The summed E-state index contributed by atoms with van der Waals surface area (Å²) in [4.78, 5) is 27.4. The Morgan fingerprint density at radius 2 is 2.23 bits per heavy atom. The van der Waals surface area contributed by atoms with Crippen molar-refractivity contribution < 1.29 is 14.3 Å². The van der Waals surface area contributed by atoms with Crippen LogP contribution in [0.1, 0.15) is 23.8 Å². The van der Waals surface area contributed by atoms with Gasteiger partial charge in [-0.1, -0.05) is 30.7 Å². The zero-order valence-corrected chi connectivity index (χ0v) is 13.5. The lowest BCUT2D eigenvalue weighted by molar-refractivity contribution is -0.124. The van der Waals surface area contributed by atoms with Gasteiger partial charge in [-0.05, 0) is 18.6 Å². The minimum Gasteiger partial charge on any atom is -0.451 e. The van der Waals surface area contributed by atoms with E-state index in [1.54, 1.807) is 17.5 Å². The van der Waals surface area contributed by atoms with E-state index in [0.717, 1.165) is 12.0 Å². The number of hydrogen-bond donors (Lipinski definition) is 1. The molecule has 1 N–H and O–H groups in total. The fourth-order valence-electron chi connectivity index (χ4n) is 1.64. The van der Waals surface area contributed by atoms with Crippen LogP contribution in [-0.4, -0.2) is 30.0 Å². The molecule has 5 nitrogen and oxygen atoms in total. The molecule has 1 heterocycles. The minimum atomic E-state index is -0.615. The smallest absolute Gasteiger partial charge is 0.358 e. The highest BCUT2D eigenvalue weighted by Crippen LogP contribution is 2.26. The summed E-state index contributed by atoms with van der Waals surface area (Å²) in [5, 5.41) is 5.50. The predicted octanol–water partition coefficient (Wildman–Crippen LogP) is 3.15. The van der Waals surface area contributed by atoms with Crippen molar-refractivity contribution in [2.75, 3.05) is 13.2 Å². The summed E-state index contributed by atoms with van der Waals surface area (Å²) < 4.78 is 4.93. The molecule has 1 aromatic heterocycles. The van der Waals surface area contributed by atoms with Crippen molar-refractivity contribution in [1.29, 1.82) is 0 Å². The molecule has 0 spiro atoms. The lowest BCUT2D eigenvalue weighted by Crippen LogP contribution is -2.29. The second kappa shape index (κ2) is 7.91. The van der Waals surface area contributed by atoms with Gasteiger partial charge in [0, 0.05) is 22.5 Å². The Balaban J connectivity index is 1.96. The third-order valence-corrected chi connectivity index (χ3v) is 3.82. The fourth-order valence-corrected chi connectivity index (χ4v) is 2.62. The lowest BCUT2D eigenvalue weighted by Gasteiger charge is -2.03. The fraction of sp³-hybridized carbons (Fsp3) is 0.267. The highest BCUT2D eigenvalue weighted by molar-refractivity contribution is 7.13. The summed E-state index contributed by atoms with van der Waals surface area (Å²) in [5.74, 6) is -0.934. The van der Waals surface area contributed by atoms with Crippen molar-refractivity contribution in [3.05, 3.63) is 40.4 Å². The van der Waals surface area contributed by atoms with Gasteiger partial charge in [0.15, 0.2) is 12.3 Å². The summed E-state index contributed by atoms with van der Waals surface area (Å²) in [6.07, 6.45) is 0.828. The van der Waals surface area contributed by atoms with Crippen LogP contribution >= 0.6 is 22.9 Å². The molecule has 1 amide bonds. The monoisotopic (exact) mass is 338 g/mol. The number of aromatic nitrogens is 1. The van der Waals surface area contributed by atoms with Crippen LogP contribution in [0.15, 0.2) is 29.6 Å². The van der Waals surface area contributed by atoms with Crippen LogP contribution in [0.5, 0.6) is 0 Å². The Morgan fingerprint density at radius 3 is 2.95 bits per heavy atom. The number of amides is 1. The van der Waals surface area contributed by atoms with Crippen LogP contribution in [0.25, 0.3) is 10.6 Å². The molecule has 0 atom stereocenters. The Kier molecular flexibility index (Phi) is 5.91. The molecule has 0 bridgehead atoms. The van der Waals surface area contributed by atoms with Crippen LogP contribution in [-0.2, 0) is 9.53 Å². The summed E-state index contributed by atoms with van der Waals surface area (Å²) in [6, 6.07) is 7.21. The summed E-state index contributed by atoms with van der Waals surface area (Å²) in [6.45, 7) is 2.20. The normalized spacial score (nSPS) is 10.3. The number of rotatable bonds is 6. The van der Waals surface area contributed by atoms with E-state index in [1.165, 1.54) is 11.3 Å². The molecule has 0 radical (unpaired) electrons. The number of carbonyl (C=O) groups excluding carboxylic acids is 2. The molecule has 0 saturated heterocycles. The van der Waals surface area contributed by atoms with Crippen molar-refractivity contribution in [2.24, 2.45) is 0 Å². The molecule has 0 fully saturated rings. The Morgan fingerprint density at radius 1 is 1.41 bits per heavy atom. The molecular formula is C15H15ClN2O3S.